The van der Waals surface area contributed by atoms with E-state index in [-0.39, 0.29) is 0 Å². The number of nitrogens with zero attached hydrogens (tertiary/aromatic N) is 3. The molecule has 1 aromatic carbocycles. The van der Waals surface area contributed by atoms with Gasteiger partial charge >= 0.3 is 0 Å². The molecule has 1 aromatic heterocycles. The number of aromatic nitrogens is 2. The monoisotopic (exact) mass is 270 g/mol. The molecule has 0 saturated heterocycles. The molecule has 2 aromatic rings. The highest BCUT2D eigenvalue weighted by Crippen LogP contribution is 2.37. The van der Waals surface area contributed by atoms with E-state index in [0.29, 0.717) is 6.04 Å². The van der Waals surface area contributed by atoms with Crippen molar-refractivity contribution in [2.75, 3.05) is 23.3 Å². The second-order valence-corrected chi connectivity index (χ2v) is 5.23. The molecule has 1 N–H and O–H groups in total. The van der Waals surface area contributed by atoms with Crippen LogP contribution in [0.5, 0.6) is 0 Å². The summed E-state index contributed by atoms with van der Waals surface area (Å²) in [6.45, 7) is 6.44. The van der Waals surface area contributed by atoms with Crippen molar-refractivity contribution in [2.24, 2.45) is 0 Å². The molecule has 4 nitrogen and oxygen atoms in total. The molecule has 0 aliphatic heterocycles. The molecule has 0 amide bonds. The van der Waals surface area contributed by atoms with Crippen LogP contribution in [0, 0.1) is 0 Å². The Labute approximate surface area is 120 Å². The highest BCUT2D eigenvalue weighted by atomic mass is 15.2. The number of rotatable bonds is 6. The first-order valence-corrected chi connectivity index (χ1v) is 7.46. The Balaban J connectivity index is 1.73. The van der Waals surface area contributed by atoms with E-state index < -0.39 is 0 Å². The van der Waals surface area contributed by atoms with E-state index in [0.717, 1.165) is 24.7 Å². The lowest BCUT2D eigenvalue weighted by molar-refractivity contribution is 0.751. The van der Waals surface area contributed by atoms with Gasteiger partial charge in [-0.15, -0.1) is 0 Å². The average molecular weight is 270 g/mol. The molecular weight excluding hydrogens is 248 g/mol. The van der Waals surface area contributed by atoms with Gasteiger partial charge in [-0.05, 0) is 51.0 Å². The highest BCUT2D eigenvalue weighted by Gasteiger charge is 2.25. The van der Waals surface area contributed by atoms with Gasteiger partial charge in [0.1, 0.15) is 0 Å². The predicted molar refractivity (Wildman–Crippen MR) is 83.8 cm³/mol. The highest BCUT2D eigenvalue weighted by molar-refractivity contribution is 5.59. The third kappa shape index (κ3) is 2.64. The Morgan fingerprint density at radius 2 is 1.90 bits per heavy atom. The summed E-state index contributed by atoms with van der Waals surface area (Å²) in [4.78, 5) is 6.75. The van der Waals surface area contributed by atoms with Crippen molar-refractivity contribution in [1.29, 1.82) is 0 Å². The first kappa shape index (κ1) is 13.0. The fourth-order valence-corrected chi connectivity index (χ4v) is 2.53. The fourth-order valence-electron chi connectivity index (χ4n) is 2.53. The summed E-state index contributed by atoms with van der Waals surface area (Å²) < 4.78 is 2.23. The number of benzene rings is 1. The molecule has 20 heavy (non-hydrogen) atoms. The minimum Gasteiger partial charge on any atom is -0.372 e. The van der Waals surface area contributed by atoms with E-state index in [1.54, 1.807) is 0 Å². The molecular formula is C16H22N4. The van der Waals surface area contributed by atoms with E-state index in [9.17, 15) is 0 Å². The first-order chi connectivity index (χ1) is 9.81. The molecule has 1 saturated carbocycles. The zero-order valence-corrected chi connectivity index (χ0v) is 12.2. The van der Waals surface area contributed by atoms with E-state index in [4.69, 9.17) is 0 Å². The van der Waals surface area contributed by atoms with Gasteiger partial charge in [0.15, 0.2) is 0 Å². The van der Waals surface area contributed by atoms with Gasteiger partial charge in [0.05, 0.1) is 0 Å². The maximum absolute atomic E-state index is 4.40. The zero-order chi connectivity index (χ0) is 13.9. The quantitative estimate of drug-likeness (QED) is 0.866. The number of hydrogen-bond donors (Lipinski definition) is 1. The largest absolute Gasteiger partial charge is 0.372 e. The molecule has 4 heteroatoms. The summed E-state index contributed by atoms with van der Waals surface area (Å²) >= 11 is 0. The molecule has 3 rings (SSSR count). The van der Waals surface area contributed by atoms with Gasteiger partial charge in [-0.3, -0.25) is 0 Å². The summed E-state index contributed by atoms with van der Waals surface area (Å²) in [5.41, 5.74) is 2.36. The van der Waals surface area contributed by atoms with Crippen molar-refractivity contribution in [2.45, 2.75) is 32.7 Å². The van der Waals surface area contributed by atoms with Crippen LogP contribution < -0.4 is 10.2 Å². The molecule has 1 aliphatic rings. The van der Waals surface area contributed by atoms with Gasteiger partial charge in [0, 0.05) is 42.9 Å². The average Bonchev–Trinajstić information content (AvgIpc) is 3.22. The SMILES string of the molecule is CCN(CC)c1ccc(Nc2nccn2C2CC2)cc1. The van der Waals surface area contributed by atoms with E-state index in [1.807, 2.05) is 6.20 Å². The Bertz CT molecular complexity index is 550. The van der Waals surface area contributed by atoms with Crippen molar-refractivity contribution < 1.29 is 0 Å². The summed E-state index contributed by atoms with van der Waals surface area (Å²) in [5, 5.41) is 3.41. The maximum Gasteiger partial charge on any atom is 0.207 e. The third-order valence-electron chi connectivity index (χ3n) is 3.86. The maximum atomic E-state index is 4.40. The Morgan fingerprint density at radius 1 is 1.20 bits per heavy atom. The van der Waals surface area contributed by atoms with Crippen LogP contribution in [0.25, 0.3) is 0 Å². The number of hydrogen-bond acceptors (Lipinski definition) is 3. The van der Waals surface area contributed by atoms with Crippen LogP contribution in [0.15, 0.2) is 36.7 Å². The lowest BCUT2D eigenvalue weighted by Crippen LogP contribution is -2.21. The van der Waals surface area contributed by atoms with Crippen molar-refractivity contribution in [1.82, 2.24) is 9.55 Å². The van der Waals surface area contributed by atoms with Crippen LogP contribution in [-0.2, 0) is 0 Å². The molecule has 0 unspecified atom stereocenters. The minimum absolute atomic E-state index is 0.648. The van der Waals surface area contributed by atoms with Crippen LogP contribution in [-0.4, -0.2) is 22.6 Å². The van der Waals surface area contributed by atoms with Gasteiger partial charge in [-0.1, -0.05) is 0 Å². The predicted octanol–water partition coefficient (Wildman–Crippen LogP) is 3.81. The Morgan fingerprint density at radius 3 is 2.50 bits per heavy atom. The molecule has 0 radical (unpaired) electrons. The van der Waals surface area contributed by atoms with Crippen LogP contribution in [0.3, 0.4) is 0 Å². The molecule has 1 aliphatic carbocycles. The smallest absolute Gasteiger partial charge is 0.207 e. The zero-order valence-electron chi connectivity index (χ0n) is 12.2. The van der Waals surface area contributed by atoms with Crippen LogP contribution in [0.2, 0.25) is 0 Å². The van der Waals surface area contributed by atoms with Crippen LogP contribution >= 0.6 is 0 Å². The summed E-state index contributed by atoms with van der Waals surface area (Å²) in [5.74, 6) is 0.947. The van der Waals surface area contributed by atoms with E-state index in [1.165, 1.54) is 18.5 Å². The first-order valence-electron chi connectivity index (χ1n) is 7.46. The van der Waals surface area contributed by atoms with Crippen molar-refractivity contribution in [3.05, 3.63) is 36.7 Å². The van der Waals surface area contributed by atoms with Crippen LogP contribution in [0.4, 0.5) is 17.3 Å². The molecule has 106 valence electrons. The van der Waals surface area contributed by atoms with Gasteiger partial charge in [0.2, 0.25) is 5.95 Å². The lowest BCUT2D eigenvalue weighted by atomic mass is 10.2. The number of nitrogens with one attached hydrogen (secondary N) is 1. The van der Waals surface area contributed by atoms with Gasteiger partial charge in [-0.25, -0.2) is 4.98 Å². The standard InChI is InChI=1S/C16H22N4/c1-3-19(4-2)14-7-5-13(6-8-14)18-16-17-11-12-20(16)15-9-10-15/h5-8,11-12,15H,3-4,9-10H2,1-2H3,(H,17,18). The van der Waals surface area contributed by atoms with Crippen LogP contribution in [0.1, 0.15) is 32.7 Å². The number of anilines is 3. The molecule has 1 fully saturated rings. The van der Waals surface area contributed by atoms with Crippen molar-refractivity contribution in [3.8, 4) is 0 Å². The van der Waals surface area contributed by atoms with E-state index >= 15 is 0 Å². The topological polar surface area (TPSA) is 33.1 Å². The molecule has 0 spiro atoms. The van der Waals surface area contributed by atoms with Gasteiger partial charge in [0.25, 0.3) is 0 Å². The Hall–Kier alpha value is -1.97. The second kappa shape index (κ2) is 5.57. The molecule has 0 atom stereocenters. The minimum atomic E-state index is 0.648. The normalized spacial score (nSPS) is 14.3. The molecule has 1 heterocycles. The Kier molecular flexibility index (Phi) is 3.63. The summed E-state index contributed by atoms with van der Waals surface area (Å²) in [6.07, 6.45) is 6.47. The second-order valence-electron chi connectivity index (χ2n) is 5.23. The lowest BCUT2D eigenvalue weighted by Gasteiger charge is -2.21. The summed E-state index contributed by atoms with van der Waals surface area (Å²) in [7, 11) is 0. The van der Waals surface area contributed by atoms with E-state index in [2.05, 4.69) is 64.1 Å². The van der Waals surface area contributed by atoms with Gasteiger partial charge in [-0.2, -0.15) is 0 Å². The van der Waals surface area contributed by atoms with Crippen molar-refractivity contribution in [3.63, 3.8) is 0 Å². The van der Waals surface area contributed by atoms with Crippen molar-refractivity contribution >= 4 is 17.3 Å². The van der Waals surface area contributed by atoms with Gasteiger partial charge < -0.3 is 14.8 Å². The third-order valence-corrected chi connectivity index (χ3v) is 3.86. The summed E-state index contributed by atoms with van der Waals surface area (Å²) in [6, 6.07) is 9.23. The molecule has 0 bridgehead atoms. The number of imidazole rings is 1. The fraction of sp³-hybridized carbons (Fsp3) is 0.438.